The molecule has 0 radical (unpaired) electrons. The van der Waals surface area contributed by atoms with Crippen molar-refractivity contribution in [2.24, 2.45) is 0 Å². The van der Waals surface area contributed by atoms with Crippen LogP contribution >= 0.6 is 0 Å². The molecule has 2 heterocycles. The zero-order chi connectivity index (χ0) is 22.9. The summed E-state index contributed by atoms with van der Waals surface area (Å²) in [6, 6.07) is 18.7. The van der Waals surface area contributed by atoms with Gasteiger partial charge in [0.1, 0.15) is 17.2 Å². The van der Waals surface area contributed by atoms with E-state index in [1.165, 1.54) is 33.5 Å². The number of rotatable bonds is 5. The lowest BCUT2D eigenvalue weighted by Gasteiger charge is -2.14. The molecule has 0 aliphatic carbocycles. The monoisotopic (exact) mass is 444 g/mol. The minimum absolute atomic E-state index is 0.0256. The molecule has 0 aliphatic heterocycles. The highest BCUT2D eigenvalue weighted by Gasteiger charge is 2.15. The molecule has 5 rings (SSSR count). The van der Waals surface area contributed by atoms with Gasteiger partial charge >= 0.3 is 0 Å². The number of amides is 1. The van der Waals surface area contributed by atoms with Gasteiger partial charge in [-0.2, -0.15) is 5.10 Å². The number of hydrogen-bond donors (Lipinski definition) is 1. The van der Waals surface area contributed by atoms with Gasteiger partial charge in [0.05, 0.1) is 23.8 Å². The number of carbonyl (C=O) groups is 1. The number of hydrogen-bond acceptors (Lipinski definition) is 3. The number of fused-ring (bicyclic) bond motifs is 3. The summed E-state index contributed by atoms with van der Waals surface area (Å²) in [6.45, 7) is 0.146. The van der Waals surface area contributed by atoms with Gasteiger partial charge in [-0.25, -0.2) is 13.3 Å². The molecular weight excluding hydrogens is 426 g/mol. The summed E-state index contributed by atoms with van der Waals surface area (Å²) in [4.78, 5) is 26.0. The van der Waals surface area contributed by atoms with Crippen molar-refractivity contribution in [3.05, 3.63) is 118 Å². The van der Waals surface area contributed by atoms with Gasteiger partial charge in [-0.05, 0) is 48.0 Å². The summed E-state index contributed by atoms with van der Waals surface area (Å²) in [6.07, 6.45) is 1.53. The fourth-order valence-electron chi connectivity index (χ4n) is 3.86. The van der Waals surface area contributed by atoms with Crippen molar-refractivity contribution in [3.8, 4) is 0 Å². The number of aromatic nitrogens is 3. The van der Waals surface area contributed by atoms with Gasteiger partial charge in [0, 0.05) is 17.7 Å². The SMILES string of the molecule is O=C(NCc1ccccc1F)c1ccc2c(c1)n(Cc1cccc(F)c1)c(=O)c1ccnn12. The third-order valence-electron chi connectivity index (χ3n) is 5.49. The third kappa shape index (κ3) is 3.87. The number of benzene rings is 3. The summed E-state index contributed by atoms with van der Waals surface area (Å²) < 4.78 is 30.6. The molecule has 0 spiro atoms. The summed E-state index contributed by atoms with van der Waals surface area (Å²) >= 11 is 0. The second-order valence-corrected chi connectivity index (χ2v) is 7.63. The van der Waals surface area contributed by atoms with E-state index < -0.39 is 17.5 Å². The fraction of sp³-hybridized carbons (Fsp3) is 0.0800. The molecule has 1 N–H and O–H groups in total. The zero-order valence-electron chi connectivity index (χ0n) is 17.3. The maximum atomic E-state index is 13.9. The van der Waals surface area contributed by atoms with Crippen LogP contribution in [0, 0.1) is 11.6 Å². The predicted octanol–water partition coefficient (Wildman–Crippen LogP) is 3.91. The lowest BCUT2D eigenvalue weighted by atomic mass is 10.1. The first-order valence-corrected chi connectivity index (χ1v) is 10.3. The van der Waals surface area contributed by atoms with E-state index in [0.717, 1.165) is 0 Å². The van der Waals surface area contributed by atoms with E-state index in [4.69, 9.17) is 0 Å². The number of carbonyl (C=O) groups excluding carboxylic acids is 1. The summed E-state index contributed by atoms with van der Waals surface area (Å²) in [5.41, 5.74) is 2.43. The first-order valence-electron chi connectivity index (χ1n) is 10.3. The molecule has 1 amide bonds. The highest BCUT2D eigenvalue weighted by Crippen LogP contribution is 2.18. The topological polar surface area (TPSA) is 68.4 Å². The molecule has 33 heavy (non-hydrogen) atoms. The predicted molar refractivity (Wildman–Crippen MR) is 120 cm³/mol. The molecule has 0 fully saturated rings. The van der Waals surface area contributed by atoms with Gasteiger partial charge in [-0.3, -0.25) is 9.59 Å². The maximum absolute atomic E-state index is 13.9. The first kappa shape index (κ1) is 20.6. The Balaban J connectivity index is 1.57. The van der Waals surface area contributed by atoms with Crippen LogP contribution in [-0.4, -0.2) is 20.1 Å². The van der Waals surface area contributed by atoms with Crippen LogP contribution in [0.4, 0.5) is 8.78 Å². The fourth-order valence-corrected chi connectivity index (χ4v) is 3.86. The van der Waals surface area contributed by atoms with Gasteiger partial charge in [0.2, 0.25) is 0 Å². The van der Waals surface area contributed by atoms with Crippen LogP contribution in [0.15, 0.2) is 83.8 Å². The lowest BCUT2D eigenvalue weighted by molar-refractivity contribution is 0.0950. The van der Waals surface area contributed by atoms with Crippen molar-refractivity contribution < 1.29 is 13.6 Å². The van der Waals surface area contributed by atoms with E-state index in [-0.39, 0.29) is 18.6 Å². The first-order chi connectivity index (χ1) is 16.0. The molecule has 5 aromatic rings. The van der Waals surface area contributed by atoms with Crippen molar-refractivity contribution in [2.75, 3.05) is 0 Å². The summed E-state index contributed by atoms with van der Waals surface area (Å²) in [5.74, 6) is -1.21. The van der Waals surface area contributed by atoms with Crippen LogP contribution in [0.1, 0.15) is 21.5 Å². The van der Waals surface area contributed by atoms with Gasteiger partial charge in [0.25, 0.3) is 11.5 Å². The molecule has 8 heteroatoms. The van der Waals surface area contributed by atoms with Crippen LogP contribution in [0.3, 0.4) is 0 Å². The van der Waals surface area contributed by atoms with Crippen molar-refractivity contribution in [2.45, 2.75) is 13.1 Å². The number of halogens is 2. The van der Waals surface area contributed by atoms with Gasteiger partial charge < -0.3 is 9.88 Å². The average Bonchev–Trinajstić information content (AvgIpc) is 3.31. The average molecular weight is 444 g/mol. The molecule has 164 valence electrons. The smallest absolute Gasteiger partial charge is 0.277 e. The third-order valence-corrected chi connectivity index (χ3v) is 5.49. The Kier molecular flexibility index (Phi) is 5.18. The molecule has 0 atom stereocenters. The van der Waals surface area contributed by atoms with Crippen LogP contribution in [0.25, 0.3) is 16.6 Å². The Morgan fingerprint density at radius 3 is 2.58 bits per heavy atom. The molecule has 0 unspecified atom stereocenters. The molecule has 6 nitrogen and oxygen atoms in total. The standard InChI is InChI=1S/C25H18F2N4O2/c26-19-6-3-4-16(12-19)15-30-23-13-17(24(32)28-14-18-5-1-2-7-20(18)27)8-9-21(23)31-22(25(30)33)10-11-29-31/h1-13H,14-15H2,(H,28,32). The van der Waals surface area contributed by atoms with Gasteiger partial charge in [0.15, 0.2) is 0 Å². The Hall–Kier alpha value is -4.33. The number of nitrogens with one attached hydrogen (secondary N) is 1. The minimum atomic E-state index is -0.412. The Bertz CT molecular complexity index is 1570. The van der Waals surface area contributed by atoms with Crippen LogP contribution in [-0.2, 0) is 13.1 Å². The zero-order valence-corrected chi connectivity index (χ0v) is 17.3. The molecule has 2 aromatic heterocycles. The van der Waals surface area contributed by atoms with E-state index in [1.807, 2.05) is 0 Å². The largest absolute Gasteiger partial charge is 0.348 e. The molecular formula is C25H18F2N4O2. The van der Waals surface area contributed by atoms with Gasteiger partial charge in [-0.1, -0.05) is 30.3 Å². The normalized spacial score (nSPS) is 11.2. The summed E-state index contributed by atoms with van der Waals surface area (Å²) in [5, 5.41) is 6.94. The van der Waals surface area contributed by atoms with E-state index in [2.05, 4.69) is 10.4 Å². The van der Waals surface area contributed by atoms with Crippen molar-refractivity contribution in [1.29, 1.82) is 0 Å². The van der Waals surface area contributed by atoms with Crippen LogP contribution in [0.5, 0.6) is 0 Å². The Morgan fingerprint density at radius 1 is 0.909 bits per heavy atom. The van der Waals surface area contributed by atoms with Crippen LogP contribution < -0.4 is 10.9 Å². The molecule has 0 saturated carbocycles. The minimum Gasteiger partial charge on any atom is -0.348 e. The molecule has 0 saturated heterocycles. The molecule has 0 bridgehead atoms. The second kappa shape index (κ2) is 8.31. The van der Waals surface area contributed by atoms with E-state index in [1.54, 1.807) is 54.6 Å². The van der Waals surface area contributed by atoms with E-state index in [0.29, 0.717) is 33.2 Å². The quantitative estimate of drug-likeness (QED) is 0.447. The summed E-state index contributed by atoms with van der Waals surface area (Å²) in [7, 11) is 0. The Morgan fingerprint density at radius 2 is 1.76 bits per heavy atom. The van der Waals surface area contributed by atoms with E-state index in [9.17, 15) is 18.4 Å². The van der Waals surface area contributed by atoms with Gasteiger partial charge in [-0.15, -0.1) is 0 Å². The number of nitrogens with zero attached hydrogens (tertiary/aromatic N) is 3. The maximum Gasteiger partial charge on any atom is 0.277 e. The van der Waals surface area contributed by atoms with E-state index >= 15 is 0 Å². The van der Waals surface area contributed by atoms with Crippen molar-refractivity contribution in [1.82, 2.24) is 19.5 Å². The van der Waals surface area contributed by atoms with Crippen molar-refractivity contribution in [3.63, 3.8) is 0 Å². The van der Waals surface area contributed by atoms with Crippen LogP contribution in [0.2, 0.25) is 0 Å². The highest BCUT2D eigenvalue weighted by atomic mass is 19.1. The molecule has 0 aliphatic rings. The Labute approximate surface area is 186 Å². The molecule has 3 aromatic carbocycles. The lowest BCUT2D eigenvalue weighted by Crippen LogP contribution is -2.26. The van der Waals surface area contributed by atoms with Crippen molar-refractivity contribution >= 4 is 22.5 Å². The second-order valence-electron chi connectivity index (χ2n) is 7.63. The highest BCUT2D eigenvalue weighted by molar-refractivity contribution is 5.97.